The number of carbonyl (C=O) groups is 1. The Kier molecular flexibility index (Phi) is 6.76. The highest BCUT2D eigenvalue weighted by molar-refractivity contribution is 5.73. The molecule has 2 aromatic rings. The molecule has 0 saturated heterocycles. The van der Waals surface area contributed by atoms with E-state index in [1.54, 1.807) is 12.1 Å². The van der Waals surface area contributed by atoms with Crippen LogP contribution < -0.4 is 5.32 Å². The van der Waals surface area contributed by atoms with Crippen LogP contribution in [-0.4, -0.2) is 19.1 Å². The molecule has 0 saturated carbocycles. The van der Waals surface area contributed by atoms with Crippen LogP contribution in [0.1, 0.15) is 18.1 Å². The minimum absolute atomic E-state index is 0.192. The summed E-state index contributed by atoms with van der Waals surface area (Å²) in [6.07, 6.45) is 0.635. The Morgan fingerprint density at radius 3 is 2.43 bits per heavy atom. The van der Waals surface area contributed by atoms with Crippen LogP contribution in [0.25, 0.3) is 0 Å². The van der Waals surface area contributed by atoms with Gasteiger partial charge in [-0.1, -0.05) is 42.5 Å². The van der Waals surface area contributed by atoms with E-state index in [1.165, 1.54) is 12.1 Å². The SMILES string of the molecule is CCOC(=O)C(CNCc1ccc(F)cc1)Cc1ccccc1. The summed E-state index contributed by atoms with van der Waals surface area (Å²) in [6, 6.07) is 16.2. The highest BCUT2D eigenvalue weighted by Crippen LogP contribution is 2.11. The Hall–Kier alpha value is -2.20. The van der Waals surface area contributed by atoms with Gasteiger partial charge in [-0.3, -0.25) is 4.79 Å². The van der Waals surface area contributed by atoms with Crippen molar-refractivity contribution in [3.8, 4) is 0 Å². The Morgan fingerprint density at radius 2 is 1.78 bits per heavy atom. The van der Waals surface area contributed by atoms with Gasteiger partial charge in [0.2, 0.25) is 0 Å². The number of ether oxygens (including phenoxy) is 1. The molecule has 0 fully saturated rings. The first-order chi connectivity index (χ1) is 11.2. The predicted octanol–water partition coefficient (Wildman–Crippen LogP) is 3.34. The fraction of sp³-hybridized carbons (Fsp3) is 0.316. The summed E-state index contributed by atoms with van der Waals surface area (Å²) >= 11 is 0. The fourth-order valence-electron chi connectivity index (χ4n) is 2.39. The number of esters is 1. The van der Waals surface area contributed by atoms with Gasteiger partial charge in [0.25, 0.3) is 0 Å². The average Bonchev–Trinajstić information content (AvgIpc) is 2.57. The molecule has 1 unspecified atom stereocenters. The van der Waals surface area contributed by atoms with Crippen molar-refractivity contribution < 1.29 is 13.9 Å². The first-order valence-electron chi connectivity index (χ1n) is 7.84. The quantitative estimate of drug-likeness (QED) is 0.759. The summed E-state index contributed by atoms with van der Waals surface area (Å²) in [5, 5.41) is 3.26. The van der Waals surface area contributed by atoms with Crippen LogP contribution in [0.5, 0.6) is 0 Å². The molecule has 2 rings (SSSR count). The predicted molar refractivity (Wildman–Crippen MR) is 88.4 cm³/mol. The van der Waals surface area contributed by atoms with Gasteiger partial charge in [0, 0.05) is 13.1 Å². The van der Waals surface area contributed by atoms with E-state index in [2.05, 4.69) is 5.32 Å². The third-order valence-electron chi connectivity index (χ3n) is 3.58. The van der Waals surface area contributed by atoms with Crippen molar-refractivity contribution in [2.75, 3.05) is 13.2 Å². The van der Waals surface area contributed by atoms with Gasteiger partial charge in [-0.2, -0.15) is 0 Å². The lowest BCUT2D eigenvalue weighted by Crippen LogP contribution is -2.31. The molecule has 0 aromatic heterocycles. The van der Waals surface area contributed by atoms with Gasteiger partial charge in [-0.15, -0.1) is 0 Å². The van der Waals surface area contributed by atoms with E-state index in [9.17, 15) is 9.18 Å². The zero-order chi connectivity index (χ0) is 16.5. The minimum Gasteiger partial charge on any atom is -0.466 e. The molecule has 0 heterocycles. The maximum atomic E-state index is 12.9. The molecule has 2 aromatic carbocycles. The zero-order valence-corrected chi connectivity index (χ0v) is 13.3. The van der Waals surface area contributed by atoms with Crippen molar-refractivity contribution in [2.24, 2.45) is 5.92 Å². The number of carbonyl (C=O) groups excluding carboxylic acids is 1. The first-order valence-corrected chi connectivity index (χ1v) is 7.84. The van der Waals surface area contributed by atoms with E-state index >= 15 is 0 Å². The number of rotatable bonds is 8. The van der Waals surface area contributed by atoms with Crippen molar-refractivity contribution in [2.45, 2.75) is 19.9 Å². The van der Waals surface area contributed by atoms with Crippen LogP contribution >= 0.6 is 0 Å². The van der Waals surface area contributed by atoms with Gasteiger partial charge in [0.1, 0.15) is 5.82 Å². The smallest absolute Gasteiger partial charge is 0.310 e. The zero-order valence-electron chi connectivity index (χ0n) is 13.3. The van der Waals surface area contributed by atoms with E-state index in [0.29, 0.717) is 26.1 Å². The van der Waals surface area contributed by atoms with Gasteiger partial charge in [-0.05, 0) is 36.6 Å². The molecule has 3 nitrogen and oxygen atoms in total. The van der Waals surface area contributed by atoms with Gasteiger partial charge in [-0.25, -0.2) is 4.39 Å². The maximum absolute atomic E-state index is 12.9. The lowest BCUT2D eigenvalue weighted by molar-refractivity contribution is -0.147. The van der Waals surface area contributed by atoms with Crippen LogP contribution in [0.15, 0.2) is 54.6 Å². The monoisotopic (exact) mass is 315 g/mol. The Morgan fingerprint density at radius 1 is 1.09 bits per heavy atom. The highest BCUT2D eigenvalue weighted by Gasteiger charge is 2.19. The Balaban J connectivity index is 1.91. The summed E-state index contributed by atoms with van der Waals surface area (Å²) in [4.78, 5) is 12.1. The van der Waals surface area contributed by atoms with Crippen molar-refractivity contribution >= 4 is 5.97 Å². The lowest BCUT2D eigenvalue weighted by Gasteiger charge is -2.16. The third-order valence-corrected chi connectivity index (χ3v) is 3.58. The number of halogens is 1. The molecule has 4 heteroatoms. The number of nitrogens with one attached hydrogen (secondary N) is 1. The van der Waals surface area contributed by atoms with Gasteiger partial charge < -0.3 is 10.1 Å². The summed E-state index contributed by atoms with van der Waals surface area (Å²) in [7, 11) is 0. The summed E-state index contributed by atoms with van der Waals surface area (Å²) in [6.45, 7) is 3.29. The topological polar surface area (TPSA) is 38.3 Å². The van der Waals surface area contributed by atoms with Crippen LogP contribution in [0, 0.1) is 11.7 Å². The molecular formula is C19H22FNO2. The lowest BCUT2D eigenvalue weighted by atomic mass is 9.99. The molecule has 0 bridgehead atoms. The second-order valence-corrected chi connectivity index (χ2v) is 5.40. The largest absolute Gasteiger partial charge is 0.466 e. The normalized spacial score (nSPS) is 11.9. The van der Waals surface area contributed by atoms with Crippen LogP contribution in [-0.2, 0) is 22.5 Å². The van der Waals surface area contributed by atoms with Gasteiger partial charge >= 0.3 is 5.97 Å². The van der Waals surface area contributed by atoms with Crippen LogP contribution in [0.4, 0.5) is 4.39 Å². The molecule has 0 spiro atoms. The molecule has 1 N–H and O–H groups in total. The number of benzene rings is 2. The van der Waals surface area contributed by atoms with Crippen LogP contribution in [0.3, 0.4) is 0 Å². The minimum atomic E-state index is -0.248. The van der Waals surface area contributed by atoms with E-state index in [4.69, 9.17) is 4.74 Å². The van der Waals surface area contributed by atoms with Crippen molar-refractivity contribution in [1.29, 1.82) is 0 Å². The van der Waals surface area contributed by atoms with E-state index in [0.717, 1.165) is 11.1 Å². The third kappa shape index (κ3) is 5.83. The maximum Gasteiger partial charge on any atom is 0.310 e. The average molecular weight is 315 g/mol. The van der Waals surface area contributed by atoms with Crippen molar-refractivity contribution in [3.63, 3.8) is 0 Å². The standard InChI is InChI=1S/C19H22FNO2/c1-2-23-19(22)17(12-15-6-4-3-5-7-15)14-21-13-16-8-10-18(20)11-9-16/h3-11,17,21H,2,12-14H2,1H3. The molecule has 0 radical (unpaired) electrons. The molecule has 122 valence electrons. The Labute approximate surface area is 136 Å². The molecular weight excluding hydrogens is 293 g/mol. The first kappa shape index (κ1) is 17.2. The van der Waals surface area contributed by atoms with Crippen LogP contribution in [0.2, 0.25) is 0 Å². The van der Waals surface area contributed by atoms with E-state index in [1.807, 2.05) is 37.3 Å². The fourth-order valence-corrected chi connectivity index (χ4v) is 2.39. The summed E-state index contributed by atoms with van der Waals surface area (Å²) in [5.74, 6) is -0.678. The summed E-state index contributed by atoms with van der Waals surface area (Å²) in [5.41, 5.74) is 2.09. The molecule has 23 heavy (non-hydrogen) atoms. The molecule has 0 aliphatic rings. The van der Waals surface area contributed by atoms with E-state index < -0.39 is 0 Å². The highest BCUT2D eigenvalue weighted by atomic mass is 19.1. The second kappa shape index (κ2) is 9.06. The second-order valence-electron chi connectivity index (χ2n) is 5.40. The van der Waals surface area contributed by atoms with E-state index in [-0.39, 0.29) is 17.7 Å². The van der Waals surface area contributed by atoms with Gasteiger partial charge in [0.05, 0.1) is 12.5 Å². The van der Waals surface area contributed by atoms with Gasteiger partial charge in [0.15, 0.2) is 0 Å². The van der Waals surface area contributed by atoms with Crippen molar-refractivity contribution in [3.05, 3.63) is 71.5 Å². The Bertz CT molecular complexity index is 599. The number of hydrogen-bond acceptors (Lipinski definition) is 3. The summed E-state index contributed by atoms with van der Waals surface area (Å²) < 4.78 is 18.1. The number of hydrogen-bond donors (Lipinski definition) is 1. The molecule has 1 atom stereocenters. The molecule has 0 aliphatic heterocycles. The molecule has 0 amide bonds. The molecule has 0 aliphatic carbocycles. The van der Waals surface area contributed by atoms with Crippen molar-refractivity contribution in [1.82, 2.24) is 5.32 Å².